The minimum absolute atomic E-state index is 0.104. The molecule has 1 amide bonds. The van der Waals surface area contributed by atoms with E-state index < -0.39 is 0 Å². The number of H-pyrrole nitrogens is 1. The number of para-hydroxylation sites is 1. The SMILES string of the molecule is O=C(CCc1c[nH]c2ccccc12)NC[C@H]1CN2CCC[C@@H]2CO1. The Morgan fingerprint density at radius 2 is 2.29 bits per heavy atom. The average molecular weight is 327 g/mol. The molecule has 5 nitrogen and oxygen atoms in total. The molecule has 128 valence electrons. The lowest BCUT2D eigenvalue weighted by atomic mass is 10.1. The van der Waals surface area contributed by atoms with Gasteiger partial charge in [-0.15, -0.1) is 0 Å². The zero-order chi connectivity index (χ0) is 16.4. The second-order valence-corrected chi connectivity index (χ2v) is 6.91. The van der Waals surface area contributed by atoms with Gasteiger partial charge in [-0.05, 0) is 37.4 Å². The molecule has 0 unspecified atom stereocenters. The van der Waals surface area contributed by atoms with Gasteiger partial charge in [-0.1, -0.05) is 18.2 Å². The highest BCUT2D eigenvalue weighted by Crippen LogP contribution is 2.22. The molecule has 1 aromatic heterocycles. The van der Waals surface area contributed by atoms with E-state index in [4.69, 9.17) is 4.74 Å². The normalized spacial score (nSPS) is 24.2. The number of aromatic amines is 1. The molecule has 2 aliphatic rings. The van der Waals surface area contributed by atoms with Crippen LogP contribution in [0.25, 0.3) is 10.9 Å². The van der Waals surface area contributed by atoms with Crippen LogP contribution in [0.4, 0.5) is 0 Å². The Hall–Kier alpha value is -1.85. The number of aryl methyl sites for hydroxylation is 1. The Kier molecular flexibility index (Phi) is 4.54. The lowest BCUT2D eigenvalue weighted by Gasteiger charge is -2.35. The summed E-state index contributed by atoms with van der Waals surface area (Å²) < 4.78 is 5.89. The molecule has 1 aromatic carbocycles. The Morgan fingerprint density at radius 3 is 3.25 bits per heavy atom. The average Bonchev–Trinajstić information content (AvgIpc) is 3.24. The Morgan fingerprint density at radius 1 is 1.38 bits per heavy atom. The van der Waals surface area contributed by atoms with Gasteiger partial charge in [0.25, 0.3) is 0 Å². The third kappa shape index (κ3) is 3.32. The number of benzene rings is 1. The number of morpholine rings is 1. The first-order chi connectivity index (χ1) is 11.8. The summed E-state index contributed by atoms with van der Waals surface area (Å²) in [7, 11) is 0. The summed E-state index contributed by atoms with van der Waals surface area (Å²) in [5, 5.41) is 4.25. The lowest BCUT2D eigenvalue weighted by Crippen LogP contribution is -2.50. The Labute approximate surface area is 142 Å². The maximum Gasteiger partial charge on any atom is 0.220 e. The summed E-state index contributed by atoms with van der Waals surface area (Å²) in [4.78, 5) is 17.9. The van der Waals surface area contributed by atoms with Crippen LogP contribution in [0.3, 0.4) is 0 Å². The van der Waals surface area contributed by atoms with Gasteiger partial charge >= 0.3 is 0 Å². The molecular formula is C19H25N3O2. The van der Waals surface area contributed by atoms with Crippen molar-refractivity contribution in [3.8, 4) is 0 Å². The standard InChI is InChI=1S/C19H25N3O2/c23-19(8-7-14-10-20-18-6-2-1-5-17(14)18)21-11-16-12-22-9-3-4-15(22)13-24-16/h1-2,5-6,10,15-16,20H,3-4,7-9,11-13H2,(H,21,23)/t15-,16+/m1/s1. The summed E-state index contributed by atoms with van der Waals surface area (Å²) in [5.74, 6) is 0.104. The molecule has 2 atom stereocenters. The molecule has 5 heteroatoms. The number of fused-ring (bicyclic) bond motifs is 2. The minimum Gasteiger partial charge on any atom is -0.373 e. The highest BCUT2D eigenvalue weighted by atomic mass is 16.5. The third-order valence-corrected chi connectivity index (χ3v) is 5.28. The molecule has 2 aromatic rings. The van der Waals surface area contributed by atoms with Crippen molar-refractivity contribution in [1.82, 2.24) is 15.2 Å². The van der Waals surface area contributed by atoms with Crippen molar-refractivity contribution in [1.29, 1.82) is 0 Å². The van der Waals surface area contributed by atoms with Gasteiger partial charge in [0.1, 0.15) is 0 Å². The molecule has 2 aliphatic heterocycles. The number of carbonyl (C=O) groups excluding carboxylic acids is 1. The van der Waals surface area contributed by atoms with Crippen molar-refractivity contribution in [3.05, 3.63) is 36.0 Å². The fourth-order valence-corrected chi connectivity index (χ4v) is 3.91. The highest BCUT2D eigenvalue weighted by Gasteiger charge is 2.32. The number of hydrogen-bond donors (Lipinski definition) is 2. The van der Waals surface area contributed by atoms with E-state index in [0.717, 1.165) is 25.1 Å². The van der Waals surface area contributed by atoms with Crippen LogP contribution in [-0.2, 0) is 16.0 Å². The maximum absolute atomic E-state index is 12.2. The molecule has 0 aliphatic carbocycles. The summed E-state index contributed by atoms with van der Waals surface area (Å²) in [6.07, 6.45) is 5.95. The molecule has 2 saturated heterocycles. The fraction of sp³-hybridized carbons (Fsp3) is 0.526. The number of nitrogens with zero attached hydrogens (tertiary/aromatic N) is 1. The Balaban J connectivity index is 1.24. The molecule has 0 spiro atoms. The number of aromatic nitrogens is 1. The van der Waals surface area contributed by atoms with E-state index in [1.165, 1.54) is 30.3 Å². The number of hydrogen-bond acceptors (Lipinski definition) is 3. The monoisotopic (exact) mass is 327 g/mol. The number of ether oxygens (including phenoxy) is 1. The largest absolute Gasteiger partial charge is 0.373 e. The van der Waals surface area contributed by atoms with Gasteiger partial charge in [0.05, 0.1) is 12.7 Å². The van der Waals surface area contributed by atoms with Crippen LogP contribution < -0.4 is 5.32 Å². The first-order valence-electron chi connectivity index (χ1n) is 8.97. The predicted molar refractivity (Wildman–Crippen MR) is 94.0 cm³/mol. The van der Waals surface area contributed by atoms with Crippen molar-refractivity contribution in [2.75, 3.05) is 26.2 Å². The van der Waals surface area contributed by atoms with Crippen LogP contribution in [0.15, 0.2) is 30.5 Å². The summed E-state index contributed by atoms with van der Waals surface area (Å²) in [6, 6.07) is 8.82. The predicted octanol–water partition coefficient (Wildman–Crippen LogP) is 2.08. The van der Waals surface area contributed by atoms with Crippen molar-refractivity contribution in [2.45, 2.75) is 37.8 Å². The minimum atomic E-state index is 0.104. The summed E-state index contributed by atoms with van der Waals surface area (Å²) in [6.45, 7) is 3.57. The summed E-state index contributed by atoms with van der Waals surface area (Å²) in [5.41, 5.74) is 2.33. The number of amides is 1. The second-order valence-electron chi connectivity index (χ2n) is 6.91. The van der Waals surface area contributed by atoms with Gasteiger partial charge in [0.15, 0.2) is 0 Å². The second kappa shape index (κ2) is 6.95. The lowest BCUT2D eigenvalue weighted by molar-refractivity contribution is -0.122. The van der Waals surface area contributed by atoms with E-state index in [-0.39, 0.29) is 12.0 Å². The van der Waals surface area contributed by atoms with Crippen LogP contribution in [0.1, 0.15) is 24.8 Å². The van der Waals surface area contributed by atoms with Crippen molar-refractivity contribution in [2.24, 2.45) is 0 Å². The molecule has 0 radical (unpaired) electrons. The molecule has 4 rings (SSSR count). The van der Waals surface area contributed by atoms with Crippen LogP contribution in [-0.4, -0.2) is 54.2 Å². The molecule has 2 N–H and O–H groups in total. The smallest absolute Gasteiger partial charge is 0.220 e. The number of carbonyl (C=O) groups is 1. The molecule has 0 saturated carbocycles. The van der Waals surface area contributed by atoms with E-state index in [1.807, 2.05) is 18.3 Å². The zero-order valence-electron chi connectivity index (χ0n) is 14.0. The molecule has 2 fully saturated rings. The van der Waals surface area contributed by atoms with E-state index in [1.54, 1.807) is 0 Å². The van der Waals surface area contributed by atoms with Gasteiger partial charge in [0.2, 0.25) is 5.91 Å². The highest BCUT2D eigenvalue weighted by molar-refractivity contribution is 5.84. The van der Waals surface area contributed by atoms with Gasteiger partial charge in [0, 0.05) is 42.7 Å². The Bertz CT molecular complexity index is 711. The van der Waals surface area contributed by atoms with Gasteiger partial charge in [-0.2, -0.15) is 0 Å². The van der Waals surface area contributed by atoms with Gasteiger partial charge in [-0.3, -0.25) is 9.69 Å². The van der Waals surface area contributed by atoms with Crippen LogP contribution in [0.2, 0.25) is 0 Å². The van der Waals surface area contributed by atoms with E-state index in [0.29, 0.717) is 19.0 Å². The van der Waals surface area contributed by atoms with Gasteiger partial charge < -0.3 is 15.0 Å². The number of rotatable bonds is 5. The van der Waals surface area contributed by atoms with E-state index in [9.17, 15) is 4.79 Å². The van der Waals surface area contributed by atoms with Crippen LogP contribution in [0, 0.1) is 0 Å². The first-order valence-corrected chi connectivity index (χ1v) is 8.97. The maximum atomic E-state index is 12.2. The van der Waals surface area contributed by atoms with Crippen molar-refractivity contribution >= 4 is 16.8 Å². The quantitative estimate of drug-likeness (QED) is 0.884. The topological polar surface area (TPSA) is 57.4 Å². The zero-order valence-corrected chi connectivity index (χ0v) is 14.0. The first kappa shape index (κ1) is 15.7. The number of nitrogens with one attached hydrogen (secondary N) is 2. The van der Waals surface area contributed by atoms with E-state index in [2.05, 4.69) is 27.3 Å². The molecule has 24 heavy (non-hydrogen) atoms. The van der Waals surface area contributed by atoms with E-state index >= 15 is 0 Å². The molecule has 3 heterocycles. The summed E-state index contributed by atoms with van der Waals surface area (Å²) >= 11 is 0. The molecule has 0 bridgehead atoms. The van der Waals surface area contributed by atoms with Crippen molar-refractivity contribution < 1.29 is 9.53 Å². The van der Waals surface area contributed by atoms with Crippen LogP contribution in [0.5, 0.6) is 0 Å². The van der Waals surface area contributed by atoms with Crippen molar-refractivity contribution in [3.63, 3.8) is 0 Å². The molecular weight excluding hydrogens is 302 g/mol. The third-order valence-electron chi connectivity index (χ3n) is 5.28. The van der Waals surface area contributed by atoms with Crippen LogP contribution >= 0.6 is 0 Å². The van der Waals surface area contributed by atoms with Gasteiger partial charge in [-0.25, -0.2) is 0 Å². The fourth-order valence-electron chi connectivity index (χ4n) is 3.91.